The third-order valence-electron chi connectivity index (χ3n) is 5.77. The Hall–Kier alpha value is -4.57. The summed E-state index contributed by atoms with van der Waals surface area (Å²) in [4.78, 5) is 16.3. The minimum atomic E-state index is -0.644. The highest BCUT2D eigenvalue weighted by molar-refractivity contribution is 5.94. The van der Waals surface area contributed by atoms with Crippen molar-refractivity contribution in [3.05, 3.63) is 90.8 Å². The second-order valence-corrected chi connectivity index (χ2v) is 8.53. The number of nitriles is 1. The van der Waals surface area contributed by atoms with Gasteiger partial charge in [-0.25, -0.2) is 19.3 Å². The van der Waals surface area contributed by atoms with Gasteiger partial charge < -0.3 is 10.3 Å². The lowest BCUT2D eigenvalue weighted by molar-refractivity contribution is 0.629. The number of hydrogen-bond donors (Lipinski definition) is 2. The minimum absolute atomic E-state index is 0.377. The summed E-state index contributed by atoms with van der Waals surface area (Å²) in [7, 11) is 0. The van der Waals surface area contributed by atoms with E-state index in [2.05, 4.69) is 31.3 Å². The van der Waals surface area contributed by atoms with Crippen LogP contribution in [0.15, 0.2) is 79.4 Å². The fourth-order valence-electron chi connectivity index (χ4n) is 3.90. The zero-order chi connectivity index (χ0) is 23.7. The van der Waals surface area contributed by atoms with Crippen molar-refractivity contribution < 1.29 is 4.39 Å². The van der Waals surface area contributed by atoms with Crippen molar-refractivity contribution in [2.24, 2.45) is 0 Å². The van der Waals surface area contributed by atoms with Crippen LogP contribution in [0.1, 0.15) is 19.4 Å². The van der Waals surface area contributed by atoms with Gasteiger partial charge in [-0.1, -0.05) is 18.2 Å². The Morgan fingerprint density at radius 1 is 0.971 bits per heavy atom. The van der Waals surface area contributed by atoms with Crippen LogP contribution >= 0.6 is 0 Å². The van der Waals surface area contributed by atoms with Crippen LogP contribution < -0.4 is 5.32 Å². The summed E-state index contributed by atoms with van der Waals surface area (Å²) in [5.74, 6) is 0.178. The number of H-pyrrole nitrogens is 1. The van der Waals surface area contributed by atoms with Crippen molar-refractivity contribution in [1.82, 2.24) is 19.9 Å². The first-order chi connectivity index (χ1) is 16.4. The molecule has 5 rings (SSSR count). The molecule has 0 amide bonds. The number of aromatic amines is 1. The Kier molecular flexibility index (Phi) is 5.27. The molecule has 0 bridgehead atoms. The van der Waals surface area contributed by atoms with Gasteiger partial charge in [0.2, 0.25) is 0 Å². The lowest BCUT2D eigenvalue weighted by Crippen LogP contribution is -2.13. The van der Waals surface area contributed by atoms with Gasteiger partial charge in [0, 0.05) is 29.0 Å². The number of aromatic nitrogens is 4. The number of anilines is 2. The first-order valence-corrected chi connectivity index (χ1v) is 10.8. The Bertz CT molecular complexity index is 1550. The van der Waals surface area contributed by atoms with Gasteiger partial charge in [-0.15, -0.1) is 0 Å². The largest absolute Gasteiger partial charge is 0.346 e. The number of fused-ring (bicyclic) bond motifs is 1. The van der Waals surface area contributed by atoms with Crippen molar-refractivity contribution in [1.29, 1.82) is 5.26 Å². The molecule has 0 aliphatic rings. The summed E-state index contributed by atoms with van der Waals surface area (Å²) in [5, 5.41) is 13.6. The van der Waals surface area contributed by atoms with Gasteiger partial charge in [-0.3, -0.25) is 0 Å². The molecule has 34 heavy (non-hydrogen) atoms. The first kappa shape index (κ1) is 21.3. The van der Waals surface area contributed by atoms with Crippen LogP contribution in [0.3, 0.4) is 0 Å². The van der Waals surface area contributed by atoms with E-state index in [1.807, 2.05) is 68.6 Å². The molecular formula is C27H21FN6. The summed E-state index contributed by atoms with van der Waals surface area (Å²) in [6, 6.07) is 20.4. The van der Waals surface area contributed by atoms with Crippen molar-refractivity contribution in [2.45, 2.75) is 19.3 Å². The molecule has 0 saturated heterocycles. The maximum atomic E-state index is 14.7. The van der Waals surface area contributed by atoms with Crippen molar-refractivity contribution in [2.75, 3.05) is 5.32 Å². The molecule has 0 fully saturated rings. The molecule has 2 N–H and O–H groups in total. The standard InChI is InChI=1S/C27H21FN6/c1-27(2,15-29)19-6-3-5-17(11-19)18-12-20(28)14-21(13-18)34-26-22(7-4-9-30-26)24-23-8-10-31-25(23)33-16-32-24/h3-14,16H,1-2H3,(H,30,34)(H,31,32,33). The van der Waals surface area contributed by atoms with Gasteiger partial charge in [0.1, 0.15) is 23.6 Å². The highest BCUT2D eigenvalue weighted by atomic mass is 19.1. The highest BCUT2D eigenvalue weighted by Crippen LogP contribution is 2.33. The smallest absolute Gasteiger partial charge is 0.141 e. The lowest BCUT2D eigenvalue weighted by atomic mass is 9.85. The van der Waals surface area contributed by atoms with Gasteiger partial charge in [0.05, 0.1) is 17.2 Å². The normalized spacial score (nSPS) is 11.4. The van der Waals surface area contributed by atoms with E-state index in [9.17, 15) is 9.65 Å². The number of pyridine rings is 1. The molecule has 5 aromatic rings. The van der Waals surface area contributed by atoms with Gasteiger partial charge in [0.25, 0.3) is 0 Å². The summed E-state index contributed by atoms with van der Waals surface area (Å²) in [5.41, 5.74) is 4.54. The predicted molar refractivity (Wildman–Crippen MR) is 131 cm³/mol. The van der Waals surface area contributed by atoms with Crippen LogP contribution in [-0.4, -0.2) is 19.9 Å². The summed E-state index contributed by atoms with van der Waals surface area (Å²) < 4.78 is 14.7. The molecule has 0 radical (unpaired) electrons. The number of halogens is 1. The Morgan fingerprint density at radius 3 is 2.71 bits per heavy atom. The summed E-state index contributed by atoms with van der Waals surface area (Å²) >= 11 is 0. The van der Waals surface area contributed by atoms with Crippen LogP contribution in [0.2, 0.25) is 0 Å². The Morgan fingerprint density at radius 2 is 1.85 bits per heavy atom. The van der Waals surface area contributed by atoms with E-state index < -0.39 is 5.41 Å². The number of nitrogens with zero attached hydrogens (tertiary/aromatic N) is 4. The molecule has 3 aromatic heterocycles. The average molecular weight is 449 g/mol. The molecule has 6 nitrogen and oxygen atoms in total. The zero-order valence-corrected chi connectivity index (χ0v) is 18.7. The fourth-order valence-corrected chi connectivity index (χ4v) is 3.90. The molecule has 2 aromatic carbocycles. The number of benzene rings is 2. The number of nitrogens with one attached hydrogen (secondary N) is 2. The maximum absolute atomic E-state index is 14.7. The predicted octanol–water partition coefficient (Wildman–Crippen LogP) is 6.37. The molecule has 7 heteroatoms. The Balaban J connectivity index is 1.55. The second kappa shape index (κ2) is 8.41. The molecule has 0 aliphatic carbocycles. The van der Waals surface area contributed by atoms with Crippen LogP contribution in [0.25, 0.3) is 33.4 Å². The van der Waals surface area contributed by atoms with Crippen LogP contribution in [-0.2, 0) is 5.41 Å². The average Bonchev–Trinajstić information content (AvgIpc) is 3.33. The van der Waals surface area contributed by atoms with Crippen molar-refractivity contribution in [3.8, 4) is 28.5 Å². The third-order valence-corrected chi connectivity index (χ3v) is 5.77. The SMILES string of the molecule is CC(C)(C#N)c1cccc(-c2cc(F)cc(Nc3ncccc3-c3ncnc4[nH]ccc34)c2)c1. The van der Waals surface area contributed by atoms with Crippen LogP contribution in [0.5, 0.6) is 0 Å². The van der Waals surface area contributed by atoms with Crippen LogP contribution in [0, 0.1) is 17.1 Å². The first-order valence-electron chi connectivity index (χ1n) is 10.8. The van der Waals surface area contributed by atoms with Crippen molar-refractivity contribution in [3.63, 3.8) is 0 Å². The molecule has 3 heterocycles. The lowest BCUT2D eigenvalue weighted by Gasteiger charge is -2.17. The van der Waals surface area contributed by atoms with Gasteiger partial charge in [-0.2, -0.15) is 5.26 Å². The fraction of sp³-hybridized carbons (Fsp3) is 0.111. The monoisotopic (exact) mass is 448 g/mol. The van der Waals surface area contributed by atoms with E-state index in [1.54, 1.807) is 6.20 Å². The van der Waals surface area contributed by atoms with E-state index >= 15 is 0 Å². The molecule has 0 unspecified atom stereocenters. The second-order valence-electron chi connectivity index (χ2n) is 8.53. The van der Waals surface area contributed by atoms with Gasteiger partial charge in [0.15, 0.2) is 0 Å². The zero-order valence-electron chi connectivity index (χ0n) is 18.7. The van der Waals surface area contributed by atoms with E-state index in [1.165, 1.54) is 18.5 Å². The molecule has 0 spiro atoms. The summed E-state index contributed by atoms with van der Waals surface area (Å²) in [6.07, 6.45) is 4.99. The third kappa shape index (κ3) is 3.97. The van der Waals surface area contributed by atoms with E-state index in [0.29, 0.717) is 17.1 Å². The van der Waals surface area contributed by atoms with E-state index in [0.717, 1.165) is 33.4 Å². The summed E-state index contributed by atoms with van der Waals surface area (Å²) in [6.45, 7) is 3.73. The van der Waals surface area contributed by atoms with Crippen molar-refractivity contribution >= 4 is 22.5 Å². The number of rotatable bonds is 5. The van der Waals surface area contributed by atoms with E-state index in [-0.39, 0.29) is 5.82 Å². The molecular weight excluding hydrogens is 427 g/mol. The van der Waals surface area contributed by atoms with E-state index in [4.69, 9.17) is 0 Å². The molecule has 0 saturated carbocycles. The van der Waals surface area contributed by atoms with Crippen LogP contribution in [0.4, 0.5) is 15.9 Å². The van der Waals surface area contributed by atoms with Gasteiger partial charge in [-0.05, 0) is 73.0 Å². The quantitative estimate of drug-likeness (QED) is 0.326. The Labute approximate surface area is 196 Å². The molecule has 0 atom stereocenters. The van der Waals surface area contributed by atoms with Gasteiger partial charge >= 0.3 is 0 Å². The number of hydrogen-bond acceptors (Lipinski definition) is 5. The molecule has 0 aliphatic heterocycles. The highest BCUT2D eigenvalue weighted by Gasteiger charge is 2.20. The maximum Gasteiger partial charge on any atom is 0.141 e. The topological polar surface area (TPSA) is 90.3 Å². The molecule has 166 valence electrons. The minimum Gasteiger partial charge on any atom is -0.346 e.